The summed E-state index contributed by atoms with van der Waals surface area (Å²) in [7, 11) is 0. The van der Waals surface area contributed by atoms with Crippen LogP contribution < -0.4 is 5.73 Å². The van der Waals surface area contributed by atoms with E-state index in [9.17, 15) is 0 Å². The third-order valence-electron chi connectivity index (χ3n) is 6.94. The maximum atomic E-state index is 6.60. The Hall–Kier alpha value is -0.900. The molecule has 4 saturated carbocycles. The fourth-order valence-electron chi connectivity index (χ4n) is 6.02. The molecule has 0 saturated heterocycles. The first-order valence-electron chi connectivity index (χ1n) is 8.79. The molecular weight excluding hydrogens is 262 g/mol. The number of hydrogen-bond donors (Lipinski definition) is 1. The number of aromatic nitrogens is 2. The van der Waals surface area contributed by atoms with Gasteiger partial charge in [0.1, 0.15) is 0 Å². The van der Waals surface area contributed by atoms with E-state index in [1.54, 1.807) is 0 Å². The van der Waals surface area contributed by atoms with Crippen LogP contribution in [-0.2, 0) is 5.54 Å². The molecule has 0 radical (unpaired) electrons. The maximum absolute atomic E-state index is 6.60. The zero-order valence-corrected chi connectivity index (χ0v) is 12.8. The van der Waals surface area contributed by atoms with E-state index in [1.807, 2.05) is 0 Å². The van der Waals surface area contributed by atoms with Crippen LogP contribution >= 0.6 is 0 Å². The van der Waals surface area contributed by atoms with Gasteiger partial charge in [-0.05, 0) is 61.7 Å². The third kappa shape index (κ3) is 1.71. The van der Waals surface area contributed by atoms with Crippen molar-refractivity contribution in [2.24, 2.45) is 35.3 Å². The fourth-order valence-corrected chi connectivity index (χ4v) is 6.02. The van der Waals surface area contributed by atoms with Crippen LogP contribution in [0.3, 0.4) is 0 Å². The molecule has 4 aliphatic carbocycles. The topological polar surface area (TPSA) is 64.9 Å². The predicted molar refractivity (Wildman–Crippen MR) is 78.3 cm³/mol. The van der Waals surface area contributed by atoms with E-state index < -0.39 is 0 Å². The fraction of sp³-hybridized carbons (Fsp3) is 0.882. The van der Waals surface area contributed by atoms with Gasteiger partial charge in [-0.2, -0.15) is 4.98 Å². The summed E-state index contributed by atoms with van der Waals surface area (Å²) >= 11 is 0. The molecule has 0 amide bonds. The van der Waals surface area contributed by atoms with Gasteiger partial charge in [-0.25, -0.2) is 0 Å². The number of fused-ring (bicyclic) bond motifs is 5. The highest BCUT2D eigenvalue weighted by atomic mass is 16.5. The quantitative estimate of drug-likeness (QED) is 0.907. The van der Waals surface area contributed by atoms with Crippen molar-refractivity contribution in [3.8, 4) is 0 Å². The number of hydrogen-bond acceptors (Lipinski definition) is 4. The molecule has 4 nitrogen and oxygen atoms in total. The summed E-state index contributed by atoms with van der Waals surface area (Å²) in [5.74, 6) is 6.53. The van der Waals surface area contributed by atoms with Gasteiger partial charge in [0, 0.05) is 5.92 Å². The van der Waals surface area contributed by atoms with Crippen molar-refractivity contribution in [2.75, 3.05) is 0 Å². The molecule has 0 aliphatic heterocycles. The molecule has 0 spiro atoms. The molecule has 1 aromatic rings. The van der Waals surface area contributed by atoms with E-state index in [0.717, 1.165) is 48.2 Å². The second-order valence-corrected chi connectivity index (χ2v) is 8.33. The minimum Gasteiger partial charge on any atom is -0.339 e. The lowest BCUT2D eigenvalue weighted by Gasteiger charge is -2.33. The van der Waals surface area contributed by atoms with Crippen LogP contribution in [0.15, 0.2) is 4.52 Å². The van der Waals surface area contributed by atoms with Crippen molar-refractivity contribution < 1.29 is 4.52 Å². The highest BCUT2D eigenvalue weighted by Crippen LogP contribution is 2.72. The molecule has 1 aromatic heterocycles. The van der Waals surface area contributed by atoms with Crippen LogP contribution in [0.2, 0.25) is 0 Å². The molecule has 2 bridgehead atoms. The highest BCUT2D eigenvalue weighted by Gasteiger charge is 2.67. The molecule has 6 atom stereocenters. The summed E-state index contributed by atoms with van der Waals surface area (Å²) in [5, 5.41) is 4.29. The lowest BCUT2D eigenvalue weighted by molar-refractivity contribution is 0.221. The van der Waals surface area contributed by atoms with Crippen LogP contribution in [0.25, 0.3) is 0 Å². The first-order valence-corrected chi connectivity index (χ1v) is 8.79. The van der Waals surface area contributed by atoms with Crippen LogP contribution in [0, 0.1) is 29.6 Å². The minimum atomic E-state index is -0.345. The summed E-state index contributed by atoms with van der Waals surface area (Å²) in [6.07, 6.45) is 8.78. The summed E-state index contributed by atoms with van der Waals surface area (Å²) in [6.45, 7) is 2.28. The van der Waals surface area contributed by atoms with E-state index >= 15 is 0 Å². The molecule has 6 unspecified atom stereocenters. The van der Waals surface area contributed by atoms with Crippen molar-refractivity contribution >= 4 is 0 Å². The Bertz CT molecular complexity index is 554. The summed E-state index contributed by atoms with van der Waals surface area (Å²) in [4.78, 5) is 4.78. The van der Waals surface area contributed by atoms with Crippen LogP contribution in [0.1, 0.15) is 69.5 Å². The Morgan fingerprint density at radius 3 is 2.67 bits per heavy atom. The van der Waals surface area contributed by atoms with Gasteiger partial charge in [0.25, 0.3) is 0 Å². The second kappa shape index (κ2) is 4.09. The Kier molecular flexibility index (Phi) is 2.46. The molecule has 5 rings (SSSR count). The number of nitrogens with zero attached hydrogens (tertiary/aromatic N) is 2. The molecule has 4 heteroatoms. The normalized spacial score (nSPS) is 51.1. The van der Waals surface area contributed by atoms with Gasteiger partial charge in [-0.15, -0.1) is 0 Å². The van der Waals surface area contributed by atoms with E-state index in [4.69, 9.17) is 15.2 Å². The lowest BCUT2D eigenvalue weighted by Crippen LogP contribution is -2.42. The molecule has 4 fully saturated rings. The third-order valence-corrected chi connectivity index (χ3v) is 6.94. The highest BCUT2D eigenvalue weighted by molar-refractivity contribution is 5.23. The first kappa shape index (κ1) is 12.6. The van der Waals surface area contributed by atoms with E-state index in [-0.39, 0.29) is 5.54 Å². The Morgan fingerprint density at radius 2 is 1.95 bits per heavy atom. The number of rotatable bonds is 2. The largest absolute Gasteiger partial charge is 0.339 e. The standard InChI is InChI=1S/C17H25N3O/c1-9-3-2-6-17(18,8-9)16-19-15(21-20-16)14-12-10-4-5-11(7-10)13(12)14/h9-14H,2-8,18H2,1H3. The van der Waals surface area contributed by atoms with Gasteiger partial charge in [0.15, 0.2) is 5.82 Å². The lowest BCUT2D eigenvalue weighted by atomic mass is 9.76. The van der Waals surface area contributed by atoms with Gasteiger partial charge < -0.3 is 10.3 Å². The molecule has 2 N–H and O–H groups in total. The SMILES string of the molecule is CC1CCCC(N)(c2noc(C3C4C5CCC(C5)C34)n2)C1. The Morgan fingerprint density at radius 1 is 1.19 bits per heavy atom. The second-order valence-electron chi connectivity index (χ2n) is 8.33. The van der Waals surface area contributed by atoms with E-state index in [1.165, 1.54) is 32.1 Å². The molecular formula is C17H25N3O. The van der Waals surface area contributed by atoms with Crippen molar-refractivity contribution in [1.82, 2.24) is 10.1 Å². The monoisotopic (exact) mass is 287 g/mol. The van der Waals surface area contributed by atoms with Crippen LogP contribution in [-0.4, -0.2) is 10.1 Å². The molecule has 0 aromatic carbocycles. The maximum Gasteiger partial charge on any atom is 0.230 e. The van der Waals surface area contributed by atoms with Gasteiger partial charge in [-0.3, -0.25) is 0 Å². The van der Waals surface area contributed by atoms with Gasteiger partial charge in [-0.1, -0.05) is 24.9 Å². The summed E-state index contributed by atoms with van der Waals surface area (Å²) < 4.78 is 5.66. The van der Waals surface area contributed by atoms with Gasteiger partial charge >= 0.3 is 0 Å². The van der Waals surface area contributed by atoms with Gasteiger partial charge in [0.05, 0.1) is 5.54 Å². The Balaban J connectivity index is 1.39. The van der Waals surface area contributed by atoms with Crippen molar-refractivity contribution in [3.05, 3.63) is 11.7 Å². The van der Waals surface area contributed by atoms with Crippen molar-refractivity contribution in [1.29, 1.82) is 0 Å². The molecule has 1 heterocycles. The summed E-state index contributed by atoms with van der Waals surface area (Å²) in [6, 6.07) is 0. The molecule has 114 valence electrons. The van der Waals surface area contributed by atoms with E-state index in [0.29, 0.717) is 11.8 Å². The molecule has 21 heavy (non-hydrogen) atoms. The zero-order chi connectivity index (χ0) is 14.2. The Labute approximate surface area is 125 Å². The number of nitrogens with two attached hydrogens (primary N) is 1. The summed E-state index contributed by atoms with van der Waals surface area (Å²) in [5.41, 5.74) is 6.26. The predicted octanol–water partition coefficient (Wildman–Crippen LogP) is 3.19. The smallest absolute Gasteiger partial charge is 0.230 e. The molecule has 4 aliphatic rings. The zero-order valence-electron chi connectivity index (χ0n) is 12.8. The average Bonchev–Trinajstić information content (AvgIpc) is 2.89. The van der Waals surface area contributed by atoms with Crippen molar-refractivity contribution in [2.45, 2.75) is 63.3 Å². The first-order chi connectivity index (χ1) is 10.2. The van der Waals surface area contributed by atoms with Crippen molar-refractivity contribution in [3.63, 3.8) is 0 Å². The van der Waals surface area contributed by atoms with Crippen LogP contribution in [0.4, 0.5) is 0 Å². The minimum absolute atomic E-state index is 0.345. The van der Waals surface area contributed by atoms with E-state index in [2.05, 4.69) is 12.1 Å². The van der Waals surface area contributed by atoms with Crippen LogP contribution in [0.5, 0.6) is 0 Å². The van der Waals surface area contributed by atoms with Gasteiger partial charge in [0.2, 0.25) is 5.89 Å². The average molecular weight is 287 g/mol.